The van der Waals surface area contributed by atoms with Crippen LogP contribution in [0.5, 0.6) is 0 Å². The van der Waals surface area contributed by atoms with Crippen molar-refractivity contribution in [3.05, 3.63) is 18.6 Å². The fraction of sp³-hybridized carbons (Fsp3) is 0.500. The minimum absolute atomic E-state index is 0.0917. The molecule has 2 aromatic heterocycles. The molecule has 1 saturated heterocycles. The number of nitrogens with zero attached hydrogens (tertiary/aromatic N) is 3. The number of ether oxygens (including phenoxy) is 1. The number of anilines is 1. The Morgan fingerprint density at radius 1 is 1.15 bits per heavy atom. The zero-order chi connectivity index (χ0) is 24.8. The normalized spacial score (nSPS) is 29.7. The van der Waals surface area contributed by atoms with Gasteiger partial charge in [-0.05, 0) is 6.07 Å². The van der Waals surface area contributed by atoms with Crippen molar-refractivity contribution in [3.63, 3.8) is 0 Å². The van der Waals surface area contributed by atoms with Gasteiger partial charge in [-0.15, -0.1) is 0 Å². The average Bonchev–Trinajstić information content (AvgIpc) is 3.18. The molecule has 3 rings (SSSR count). The van der Waals surface area contributed by atoms with Crippen LogP contribution in [0.4, 0.5) is 5.82 Å². The summed E-state index contributed by atoms with van der Waals surface area (Å²) in [6.45, 7) is -2.11. The standard InChI is InChI=1S/C12H19N4O14P3/c13-9-6-1-2-16(10(6)15-5-14-9)11-12(19,4-17)8(18)7(28-11)3-27-32(23,24)30-33(25,26)29-31(20,21)22/h1-2,5,7-8,11,17-19H,3-4H2,(H,23,24)(H,25,26)(H2,13,14,15)(H2,20,21,22)/t7-,8-,11-,12-/m1/s1. The Hall–Kier alpha value is -1.33. The highest BCUT2D eigenvalue weighted by Crippen LogP contribution is 2.66. The van der Waals surface area contributed by atoms with Crippen LogP contribution < -0.4 is 5.73 Å². The monoisotopic (exact) mass is 536 g/mol. The van der Waals surface area contributed by atoms with E-state index in [9.17, 15) is 33.9 Å². The van der Waals surface area contributed by atoms with E-state index in [1.54, 1.807) is 0 Å². The molecule has 1 aliphatic heterocycles. The molecule has 18 nitrogen and oxygen atoms in total. The van der Waals surface area contributed by atoms with E-state index in [4.69, 9.17) is 25.2 Å². The highest BCUT2D eigenvalue weighted by Gasteiger charge is 2.57. The van der Waals surface area contributed by atoms with Gasteiger partial charge in [0.1, 0.15) is 30.0 Å². The summed E-state index contributed by atoms with van der Waals surface area (Å²) in [5, 5.41) is 31.3. The van der Waals surface area contributed by atoms with Gasteiger partial charge in [-0.25, -0.2) is 23.7 Å². The Morgan fingerprint density at radius 3 is 2.42 bits per heavy atom. The molecule has 6 atom stereocenters. The fourth-order valence-corrected chi connectivity index (χ4v) is 6.11. The van der Waals surface area contributed by atoms with Gasteiger partial charge in [0.25, 0.3) is 0 Å². The third-order valence-electron chi connectivity index (χ3n) is 4.46. The minimum Gasteiger partial charge on any atom is -0.393 e. The number of aliphatic hydroxyl groups is 3. The Kier molecular flexibility index (Phi) is 7.19. The summed E-state index contributed by atoms with van der Waals surface area (Å²) in [5.41, 5.74) is 3.52. The molecule has 0 amide bonds. The molecule has 2 aromatic rings. The lowest BCUT2D eigenvalue weighted by Crippen LogP contribution is -2.50. The lowest BCUT2D eigenvalue weighted by atomic mass is 9.95. The first-order valence-electron chi connectivity index (χ1n) is 8.61. The van der Waals surface area contributed by atoms with E-state index in [1.165, 1.54) is 16.8 Å². The molecule has 9 N–H and O–H groups in total. The number of rotatable bonds is 9. The van der Waals surface area contributed by atoms with Crippen LogP contribution in [0.15, 0.2) is 18.6 Å². The molecule has 186 valence electrons. The van der Waals surface area contributed by atoms with Crippen molar-refractivity contribution in [1.29, 1.82) is 0 Å². The molecule has 0 aliphatic carbocycles. The SMILES string of the molecule is Nc1ncnc2c1ccn2[C@@H]1O[C@H](COP(=O)(O)OP(=O)(O)OP(=O)(O)O)[C@@H](O)[C@]1(O)CO. The first kappa shape index (κ1) is 26.3. The van der Waals surface area contributed by atoms with Crippen molar-refractivity contribution >= 4 is 40.3 Å². The molecular formula is C12H19N4O14P3. The number of nitrogen functional groups attached to an aromatic ring is 1. The first-order valence-corrected chi connectivity index (χ1v) is 13.1. The van der Waals surface area contributed by atoms with Crippen LogP contribution in [0.1, 0.15) is 6.23 Å². The third kappa shape index (κ3) is 5.67. The van der Waals surface area contributed by atoms with Crippen molar-refractivity contribution in [2.24, 2.45) is 0 Å². The molecule has 3 heterocycles. The topological polar surface area (TPSA) is 286 Å². The summed E-state index contributed by atoms with van der Waals surface area (Å²) in [6.07, 6.45) is -2.59. The Labute approximate surface area is 183 Å². The highest BCUT2D eigenvalue weighted by molar-refractivity contribution is 7.66. The van der Waals surface area contributed by atoms with Gasteiger partial charge in [0, 0.05) is 6.20 Å². The quantitative estimate of drug-likeness (QED) is 0.166. The van der Waals surface area contributed by atoms with Gasteiger partial charge < -0.3 is 49.9 Å². The smallest absolute Gasteiger partial charge is 0.393 e. The Bertz CT molecular complexity index is 1170. The lowest BCUT2D eigenvalue weighted by Gasteiger charge is -2.29. The van der Waals surface area contributed by atoms with Gasteiger partial charge in [-0.2, -0.15) is 8.62 Å². The number of aromatic nitrogens is 3. The Morgan fingerprint density at radius 2 is 1.82 bits per heavy atom. The fourth-order valence-electron chi connectivity index (χ4n) is 3.08. The summed E-state index contributed by atoms with van der Waals surface area (Å²) in [4.78, 5) is 43.6. The lowest BCUT2D eigenvalue weighted by molar-refractivity contribution is -0.132. The molecule has 21 heteroatoms. The summed E-state index contributed by atoms with van der Waals surface area (Å²) < 4.78 is 52.2. The van der Waals surface area contributed by atoms with E-state index in [-0.39, 0.29) is 11.5 Å². The van der Waals surface area contributed by atoms with Crippen LogP contribution in [0, 0.1) is 0 Å². The van der Waals surface area contributed by atoms with E-state index in [1.807, 2.05) is 0 Å². The van der Waals surface area contributed by atoms with Gasteiger partial charge >= 0.3 is 23.5 Å². The maximum Gasteiger partial charge on any atom is 0.490 e. The second-order valence-corrected chi connectivity index (χ2v) is 11.1. The highest BCUT2D eigenvalue weighted by atomic mass is 31.3. The van der Waals surface area contributed by atoms with Crippen LogP contribution >= 0.6 is 23.5 Å². The van der Waals surface area contributed by atoms with E-state index in [0.717, 1.165) is 6.33 Å². The van der Waals surface area contributed by atoms with Crippen molar-refractivity contribution in [2.45, 2.75) is 24.0 Å². The van der Waals surface area contributed by atoms with Gasteiger partial charge in [0.05, 0.1) is 18.6 Å². The molecule has 2 unspecified atom stereocenters. The molecule has 0 aromatic carbocycles. The van der Waals surface area contributed by atoms with Crippen LogP contribution in [0.3, 0.4) is 0 Å². The zero-order valence-corrected chi connectivity index (χ0v) is 18.8. The molecule has 1 fully saturated rings. The van der Waals surface area contributed by atoms with Crippen molar-refractivity contribution in [1.82, 2.24) is 14.5 Å². The Balaban J connectivity index is 1.78. The molecular weight excluding hydrogens is 517 g/mol. The second kappa shape index (κ2) is 9.03. The summed E-state index contributed by atoms with van der Waals surface area (Å²) >= 11 is 0. The number of phosphoric ester groups is 1. The molecule has 1 aliphatic rings. The zero-order valence-electron chi connectivity index (χ0n) is 16.1. The van der Waals surface area contributed by atoms with Crippen LogP contribution in [-0.4, -0.2) is 80.5 Å². The minimum atomic E-state index is -5.75. The van der Waals surface area contributed by atoms with Crippen molar-refractivity contribution < 1.29 is 66.5 Å². The number of phosphoric acid groups is 3. The van der Waals surface area contributed by atoms with Gasteiger partial charge in [-0.3, -0.25) is 4.52 Å². The largest absolute Gasteiger partial charge is 0.490 e. The number of nitrogens with two attached hydrogens (primary N) is 1. The molecule has 0 bridgehead atoms. The number of aliphatic hydroxyl groups excluding tert-OH is 2. The third-order valence-corrected chi connectivity index (χ3v) is 8.26. The van der Waals surface area contributed by atoms with Crippen molar-refractivity contribution in [2.75, 3.05) is 18.9 Å². The number of hydrogen-bond donors (Lipinski definition) is 8. The maximum absolute atomic E-state index is 11.9. The number of hydrogen-bond acceptors (Lipinski definition) is 13. The summed E-state index contributed by atoms with van der Waals surface area (Å²) in [7, 11) is -16.8. The van der Waals surface area contributed by atoms with E-state index in [2.05, 4.69) is 23.1 Å². The van der Waals surface area contributed by atoms with Gasteiger partial charge in [0.15, 0.2) is 11.8 Å². The first-order chi connectivity index (χ1) is 15.1. The van der Waals surface area contributed by atoms with Gasteiger partial charge in [0.2, 0.25) is 0 Å². The average molecular weight is 536 g/mol. The van der Waals surface area contributed by atoms with Crippen LogP contribution in [0.2, 0.25) is 0 Å². The van der Waals surface area contributed by atoms with Crippen molar-refractivity contribution in [3.8, 4) is 0 Å². The molecule has 33 heavy (non-hydrogen) atoms. The van der Waals surface area contributed by atoms with Gasteiger partial charge in [-0.1, -0.05) is 0 Å². The maximum atomic E-state index is 11.9. The molecule has 0 saturated carbocycles. The van der Waals surface area contributed by atoms with E-state index < -0.39 is 60.7 Å². The summed E-state index contributed by atoms with van der Waals surface area (Å²) in [6, 6.07) is 1.47. The van der Waals surface area contributed by atoms with E-state index >= 15 is 0 Å². The molecule has 0 spiro atoms. The second-order valence-electron chi connectivity index (χ2n) is 6.73. The van der Waals surface area contributed by atoms with Crippen LogP contribution in [0.25, 0.3) is 11.0 Å². The predicted molar refractivity (Wildman–Crippen MR) is 104 cm³/mol. The number of fused-ring (bicyclic) bond motifs is 1. The van der Waals surface area contributed by atoms with E-state index in [0.29, 0.717) is 5.39 Å². The summed E-state index contributed by atoms with van der Waals surface area (Å²) in [5.74, 6) is 0.0917. The van der Waals surface area contributed by atoms with Crippen LogP contribution in [-0.2, 0) is 31.6 Å². The molecule has 0 radical (unpaired) electrons. The predicted octanol–water partition coefficient (Wildman–Crippen LogP) is -1.66.